The molecule has 3 bridgehead atoms. The number of thioether (sulfide) groups is 1. The Morgan fingerprint density at radius 2 is 2.00 bits per heavy atom. The summed E-state index contributed by atoms with van der Waals surface area (Å²) in [6, 6.07) is -1.21. The molecule has 4 saturated heterocycles. The first-order valence-corrected chi connectivity index (χ1v) is 13.1. The number of fused-ring (bicyclic) bond motifs is 4. The molecule has 0 unspecified atom stereocenters. The average molecular weight is 453 g/mol. The van der Waals surface area contributed by atoms with Crippen LogP contribution in [-0.2, 0) is 14.4 Å². The first kappa shape index (κ1) is 18.8. The van der Waals surface area contributed by atoms with Crippen molar-refractivity contribution < 1.29 is 24.6 Å². The summed E-state index contributed by atoms with van der Waals surface area (Å²) in [5.41, 5.74) is 0.872. The molecule has 4 aliphatic heterocycles. The summed E-state index contributed by atoms with van der Waals surface area (Å²) in [5, 5.41) is 21.4. The number of ketones is 1. The van der Waals surface area contributed by atoms with Gasteiger partial charge in [0.15, 0.2) is 9.74 Å². The molecule has 2 aliphatic carbocycles. The van der Waals surface area contributed by atoms with Crippen molar-refractivity contribution in [1.82, 2.24) is 9.80 Å². The van der Waals surface area contributed by atoms with Gasteiger partial charge in [0.05, 0.1) is 29.5 Å². The van der Waals surface area contributed by atoms with E-state index in [0.717, 1.165) is 5.57 Å². The van der Waals surface area contributed by atoms with E-state index < -0.39 is 40.0 Å². The van der Waals surface area contributed by atoms with E-state index in [-0.39, 0.29) is 35.7 Å². The van der Waals surface area contributed by atoms with Crippen LogP contribution in [0.2, 0.25) is 0 Å². The number of hydrogen-bond donors (Lipinski definition) is 2. The smallest absolute Gasteiger partial charge is 0.262 e. The number of hydrogen-bond acceptors (Lipinski definition) is 8. The van der Waals surface area contributed by atoms with Crippen molar-refractivity contribution in [2.75, 3.05) is 6.26 Å². The molecule has 0 aromatic heterocycles. The molecule has 29 heavy (non-hydrogen) atoms. The van der Waals surface area contributed by atoms with E-state index in [0.29, 0.717) is 6.42 Å². The van der Waals surface area contributed by atoms with Crippen molar-refractivity contribution in [3.8, 4) is 0 Å². The van der Waals surface area contributed by atoms with Crippen LogP contribution in [0.15, 0.2) is 23.8 Å². The molecular weight excluding hydrogens is 432 g/mol. The largest absolute Gasteiger partial charge is 0.390 e. The van der Waals surface area contributed by atoms with Gasteiger partial charge < -0.3 is 20.0 Å². The Morgan fingerprint density at radius 1 is 1.21 bits per heavy atom. The van der Waals surface area contributed by atoms with Crippen LogP contribution >= 0.6 is 33.3 Å². The number of rotatable bonds is 1. The molecule has 5 fully saturated rings. The number of nitrogens with zero attached hydrogens (tertiary/aromatic N) is 2. The maximum Gasteiger partial charge on any atom is 0.262 e. The van der Waals surface area contributed by atoms with E-state index in [2.05, 4.69) is 0 Å². The normalized spacial score (nSPS) is 49.8. The molecule has 154 valence electrons. The fourth-order valence-corrected chi connectivity index (χ4v) is 10.6. The monoisotopic (exact) mass is 452 g/mol. The van der Waals surface area contributed by atoms with Crippen LogP contribution in [0.1, 0.15) is 19.3 Å². The van der Waals surface area contributed by atoms with E-state index in [1.165, 1.54) is 33.3 Å². The fourth-order valence-electron chi connectivity index (χ4n) is 6.04. The Balaban J connectivity index is 1.55. The van der Waals surface area contributed by atoms with Crippen LogP contribution in [0.3, 0.4) is 0 Å². The summed E-state index contributed by atoms with van der Waals surface area (Å²) in [6.07, 6.45) is 6.29. The zero-order chi connectivity index (χ0) is 20.3. The molecule has 0 radical (unpaired) electrons. The van der Waals surface area contributed by atoms with Crippen LogP contribution in [-0.4, -0.2) is 83.1 Å². The van der Waals surface area contributed by atoms with Crippen molar-refractivity contribution >= 4 is 50.9 Å². The summed E-state index contributed by atoms with van der Waals surface area (Å²) in [6.45, 7) is 0. The highest BCUT2D eigenvalue weighted by molar-refractivity contribution is 8.77. The van der Waals surface area contributed by atoms with Gasteiger partial charge in [-0.15, -0.1) is 11.8 Å². The zero-order valence-corrected chi connectivity index (χ0v) is 18.0. The molecule has 2 amide bonds. The van der Waals surface area contributed by atoms with Gasteiger partial charge in [-0.2, -0.15) is 0 Å². The standard InChI is InChI=1S/C19H20N2O5S3/c1-27-18-6-8-3-2-4-10(22)13(8)20(18)17(26)19-7-9-11(23)5-12(28-29-19)15(24)14(9)21(19)16(18)25/h2-4,9-10,12-15,22,24H,5-7H2,1H3/t9-,10-,12+,13-,14-,15-,18+,19+/m0/s1. The second kappa shape index (κ2) is 5.85. The van der Waals surface area contributed by atoms with Gasteiger partial charge in [-0.05, 0) is 11.8 Å². The topological polar surface area (TPSA) is 98.2 Å². The highest BCUT2D eigenvalue weighted by Crippen LogP contribution is 2.65. The van der Waals surface area contributed by atoms with Crippen LogP contribution in [0, 0.1) is 5.92 Å². The Labute approximate surface area is 179 Å². The molecule has 1 saturated carbocycles. The molecule has 6 aliphatic rings. The van der Waals surface area contributed by atoms with E-state index >= 15 is 0 Å². The van der Waals surface area contributed by atoms with Crippen LogP contribution < -0.4 is 0 Å². The maximum atomic E-state index is 14.1. The van der Waals surface area contributed by atoms with Crippen LogP contribution in [0.25, 0.3) is 0 Å². The van der Waals surface area contributed by atoms with Gasteiger partial charge in [0.2, 0.25) is 0 Å². The average Bonchev–Trinajstić information content (AvgIpc) is 3.21. The van der Waals surface area contributed by atoms with Gasteiger partial charge in [0.1, 0.15) is 5.78 Å². The molecular formula is C19H20N2O5S3. The van der Waals surface area contributed by atoms with Crippen molar-refractivity contribution in [2.45, 2.75) is 58.5 Å². The van der Waals surface area contributed by atoms with Crippen LogP contribution in [0.4, 0.5) is 0 Å². The number of carbonyl (C=O) groups excluding carboxylic acids is 3. The summed E-state index contributed by atoms with van der Waals surface area (Å²) in [4.78, 5) is 41.8. The van der Waals surface area contributed by atoms with Gasteiger partial charge >= 0.3 is 0 Å². The molecule has 4 heterocycles. The lowest BCUT2D eigenvalue weighted by atomic mass is 9.81. The number of piperazine rings is 1. The molecule has 2 N–H and O–H groups in total. The minimum Gasteiger partial charge on any atom is -0.390 e. The van der Waals surface area contributed by atoms with Crippen LogP contribution in [0.5, 0.6) is 0 Å². The Kier molecular flexibility index (Phi) is 3.79. The SMILES string of the molecule is CS[C@@]12CC3=CC=C[C@H](O)[C@H]3N1C(=O)[C@@]13C[C@H]4C(=O)C[C@@H](SS1)[C@H](O)[C@H]4N3C2=O. The number of Topliss-reactive ketones (excluding diaryl/α,β-unsaturated/α-hetero) is 1. The maximum absolute atomic E-state index is 14.1. The highest BCUT2D eigenvalue weighted by atomic mass is 33.1. The highest BCUT2D eigenvalue weighted by Gasteiger charge is 2.76. The summed E-state index contributed by atoms with van der Waals surface area (Å²) >= 11 is 1.31. The summed E-state index contributed by atoms with van der Waals surface area (Å²) < 4.78 is 0. The predicted octanol–water partition coefficient (Wildman–Crippen LogP) is 0.528. The summed E-state index contributed by atoms with van der Waals surface area (Å²) in [5.74, 6) is -0.913. The number of allylic oxidation sites excluding steroid dienone is 2. The second-order valence-electron chi connectivity index (χ2n) is 8.54. The number of aliphatic hydroxyl groups excluding tert-OH is 2. The first-order valence-electron chi connectivity index (χ1n) is 9.69. The zero-order valence-electron chi connectivity index (χ0n) is 15.6. The predicted molar refractivity (Wildman–Crippen MR) is 111 cm³/mol. The first-order chi connectivity index (χ1) is 13.9. The van der Waals surface area contributed by atoms with Gasteiger partial charge in [0, 0.05) is 25.2 Å². The minimum absolute atomic E-state index is 0.0343. The third-order valence-corrected chi connectivity index (χ3v) is 12.0. The summed E-state index contributed by atoms with van der Waals surface area (Å²) in [7, 11) is 2.68. The molecule has 6 rings (SSSR count). The molecule has 7 nitrogen and oxygen atoms in total. The number of carbonyl (C=O) groups is 3. The van der Waals surface area contributed by atoms with Gasteiger partial charge in [-0.25, -0.2) is 0 Å². The lowest BCUT2D eigenvalue weighted by molar-refractivity contribution is -0.169. The third-order valence-electron chi connectivity index (χ3n) is 7.33. The quantitative estimate of drug-likeness (QED) is 0.556. The Morgan fingerprint density at radius 3 is 2.76 bits per heavy atom. The second-order valence-corrected chi connectivity index (χ2v) is 12.3. The minimum atomic E-state index is -1.20. The van der Waals surface area contributed by atoms with Crippen molar-refractivity contribution in [2.24, 2.45) is 5.92 Å². The molecule has 8 atom stereocenters. The van der Waals surface area contributed by atoms with E-state index in [4.69, 9.17) is 0 Å². The fraction of sp³-hybridized carbons (Fsp3) is 0.632. The lowest BCUT2D eigenvalue weighted by Crippen LogP contribution is -2.74. The van der Waals surface area contributed by atoms with E-state index in [1.807, 2.05) is 12.3 Å². The van der Waals surface area contributed by atoms with Gasteiger partial charge in [0.25, 0.3) is 11.8 Å². The number of amides is 2. The lowest BCUT2D eigenvalue weighted by Gasteiger charge is -2.53. The molecule has 0 spiro atoms. The van der Waals surface area contributed by atoms with Crippen molar-refractivity contribution in [1.29, 1.82) is 0 Å². The molecule has 10 heteroatoms. The number of aliphatic hydroxyl groups is 2. The molecule has 0 aromatic carbocycles. The Hall–Kier alpha value is -0.940. The van der Waals surface area contributed by atoms with Gasteiger partial charge in [-0.3, -0.25) is 14.4 Å². The van der Waals surface area contributed by atoms with Crippen molar-refractivity contribution in [3.05, 3.63) is 23.8 Å². The van der Waals surface area contributed by atoms with E-state index in [1.54, 1.807) is 22.0 Å². The van der Waals surface area contributed by atoms with E-state index in [9.17, 15) is 24.6 Å². The van der Waals surface area contributed by atoms with Crippen molar-refractivity contribution in [3.63, 3.8) is 0 Å². The third kappa shape index (κ3) is 2.01. The Bertz CT molecular complexity index is 924. The molecule has 0 aromatic rings. The van der Waals surface area contributed by atoms with Gasteiger partial charge in [-0.1, -0.05) is 39.8 Å².